The fourth-order valence-electron chi connectivity index (χ4n) is 1.14. The molecule has 0 atom stereocenters. The number of aryl methyl sites for hydroxylation is 3. The Bertz CT molecular complexity index is 408. The van der Waals surface area contributed by atoms with Crippen LogP contribution >= 0.6 is 11.3 Å². The summed E-state index contributed by atoms with van der Waals surface area (Å²) in [5.74, 6) is 1.66. The van der Waals surface area contributed by atoms with Gasteiger partial charge in [0.2, 0.25) is 0 Å². The smallest absolute Gasteiger partial charge is 0.191 e. The first-order valence-electron chi connectivity index (χ1n) is 4.13. The van der Waals surface area contributed by atoms with Gasteiger partial charge in [0.25, 0.3) is 0 Å². The zero-order chi connectivity index (χ0) is 9.42. The van der Waals surface area contributed by atoms with Crippen molar-refractivity contribution in [2.24, 2.45) is 0 Å². The van der Waals surface area contributed by atoms with Crippen molar-refractivity contribution in [3.05, 3.63) is 22.3 Å². The van der Waals surface area contributed by atoms with Gasteiger partial charge in [-0.25, -0.2) is 4.98 Å². The molecule has 2 aromatic rings. The third-order valence-electron chi connectivity index (χ3n) is 1.98. The van der Waals surface area contributed by atoms with Gasteiger partial charge in [-0.1, -0.05) is 0 Å². The average molecular weight is 193 g/mol. The molecular weight excluding hydrogens is 182 g/mol. The SMILES string of the molecule is Cc1nc(-c2cc(C)c(C)s2)n[nH]1. The highest BCUT2D eigenvalue weighted by Gasteiger charge is 2.07. The molecule has 0 saturated heterocycles. The summed E-state index contributed by atoms with van der Waals surface area (Å²) in [6, 6.07) is 2.13. The standard InChI is InChI=1S/C9H11N3S/c1-5-4-8(13-6(5)2)9-10-7(3)11-12-9/h4H,1-3H3,(H,10,11,12). The Morgan fingerprint density at radius 2 is 2.08 bits per heavy atom. The number of H-pyrrole nitrogens is 1. The van der Waals surface area contributed by atoms with E-state index in [2.05, 4.69) is 35.1 Å². The number of hydrogen-bond acceptors (Lipinski definition) is 3. The normalized spacial score (nSPS) is 10.7. The van der Waals surface area contributed by atoms with E-state index in [4.69, 9.17) is 0 Å². The molecule has 13 heavy (non-hydrogen) atoms. The second-order valence-corrected chi connectivity index (χ2v) is 4.35. The number of rotatable bonds is 1. The molecule has 0 saturated carbocycles. The number of nitrogens with zero attached hydrogens (tertiary/aromatic N) is 2. The molecule has 3 nitrogen and oxygen atoms in total. The largest absolute Gasteiger partial charge is 0.263 e. The molecule has 0 aliphatic heterocycles. The third-order valence-corrected chi connectivity index (χ3v) is 3.13. The predicted molar refractivity (Wildman–Crippen MR) is 53.9 cm³/mol. The van der Waals surface area contributed by atoms with E-state index >= 15 is 0 Å². The van der Waals surface area contributed by atoms with Crippen LogP contribution in [0.25, 0.3) is 10.7 Å². The summed E-state index contributed by atoms with van der Waals surface area (Å²) in [5.41, 5.74) is 1.31. The van der Waals surface area contributed by atoms with E-state index in [1.54, 1.807) is 11.3 Å². The first-order valence-corrected chi connectivity index (χ1v) is 4.95. The van der Waals surface area contributed by atoms with E-state index in [-0.39, 0.29) is 0 Å². The first-order chi connectivity index (χ1) is 6.16. The number of hydrogen-bond donors (Lipinski definition) is 1. The minimum atomic E-state index is 0.804. The van der Waals surface area contributed by atoms with Gasteiger partial charge in [0.05, 0.1) is 4.88 Å². The molecule has 0 spiro atoms. The summed E-state index contributed by atoms with van der Waals surface area (Å²) in [6.45, 7) is 6.13. The summed E-state index contributed by atoms with van der Waals surface area (Å²) >= 11 is 1.74. The van der Waals surface area contributed by atoms with E-state index in [0.717, 1.165) is 16.5 Å². The van der Waals surface area contributed by atoms with Crippen LogP contribution in [0, 0.1) is 20.8 Å². The summed E-state index contributed by atoms with van der Waals surface area (Å²) in [6.07, 6.45) is 0. The van der Waals surface area contributed by atoms with Crippen LogP contribution in [0.1, 0.15) is 16.3 Å². The summed E-state index contributed by atoms with van der Waals surface area (Å²) < 4.78 is 0. The molecule has 68 valence electrons. The topological polar surface area (TPSA) is 41.6 Å². The lowest BCUT2D eigenvalue weighted by molar-refractivity contribution is 1.04. The molecule has 2 rings (SSSR count). The number of nitrogens with one attached hydrogen (secondary N) is 1. The molecule has 0 aliphatic rings. The van der Waals surface area contributed by atoms with Crippen LogP contribution < -0.4 is 0 Å². The average Bonchev–Trinajstić information content (AvgIpc) is 2.61. The Morgan fingerprint density at radius 1 is 1.31 bits per heavy atom. The fourth-order valence-corrected chi connectivity index (χ4v) is 2.10. The Kier molecular flexibility index (Phi) is 1.92. The summed E-state index contributed by atoms with van der Waals surface area (Å²) in [7, 11) is 0. The van der Waals surface area contributed by atoms with Gasteiger partial charge in [0.15, 0.2) is 5.82 Å². The fraction of sp³-hybridized carbons (Fsp3) is 0.333. The second kappa shape index (κ2) is 2.96. The highest BCUT2D eigenvalue weighted by molar-refractivity contribution is 7.15. The maximum atomic E-state index is 4.28. The van der Waals surface area contributed by atoms with Crippen molar-refractivity contribution in [3.8, 4) is 10.7 Å². The molecule has 0 bridgehead atoms. The Balaban J connectivity index is 2.46. The van der Waals surface area contributed by atoms with Gasteiger partial charge >= 0.3 is 0 Å². The van der Waals surface area contributed by atoms with Gasteiger partial charge in [-0.3, -0.25) is 5.10 Å². The van der Waals surface area contributed by atoms with E-state index in [1.165, 1.54) is 10.4 Å². The van der Waals surface area contributed by atoms with Gasteiger partial charge in [-0.05, 0) is 32.4 Å². The van der Waals surface area contributed by atoms with Crippen molar-refractivity contribution >= 4 is 11.3 Å². The van der Waals surface area contributed by atoms with Crippen molar-refractivity contribution < 1.29 is 0 Å². The lowest BCUT2D eigenvalue weighted by Gasteiger charge is -1.83. The third kappa shape index (κ3) is 1.49. The van der Waals surface area contributed by atoms with Crippen molar-refractivity contribution in [2.45, 2.75) is 20.8 Å². The Labute approximate surface area is 80.8 Å². The Morgan fingerprint density at radius 3 is 2.54 bits per heavy atom. The summed E-state index contributed by atoms with van der Waals surface area (Å²) in [4.78, 5) is 6.75. The van der Waals surface area contributed by atoms with Crippen molar-refractivity contribution in [1.82, 2.24) is 15.2 Å². The van der Waals surface area contributed by atoms with Crippen molar-refractivity contribution in [2.75, 3.05) is 0 Å². The van der Waals surface area contributed by atoms with Crippen LogP contribution in [0.2, 0.25) is 0 Å². The van der Waals surface area contributed by atoms with E-state index in [9.17, 15) is 0 Å². The molecular formula is C9H11N3S. The van der Waals surface area contributed by atoms with E-state index in [0.29, 0.717) is 0 Å². The minimum absolute atomic E-state index is 0.804. The zero-order valence-corrected chi connectivity index (χ0v) is 8.70. The Hall–Kier alpha value is -1.16. The molecule has 0 unspecified atom stereocenters. The zero-order valence-electron chi connectivity index (χ0n) is 7.88. The molecule has 2 heterocycles. The first kappa shape index (κ1) is 8.44. The number of aromatic nitrogens is 3. The van der Waals surface area contributed by atoms with Crippen LogP contribution in [0.4, 0.5) is 0 Å². The van der Waals surface area contributed by atoms with Crippen molar-refractivity contribution in [3.63, 3.8) is 0 Å². The molecule has 0 amide bonds. The number of thiophene rings is 1. The van der Waals surface area contributed by atoms with Crippen LogP contribution in [0.3, 0.4) is 0 Å². The van der Waals surface area contributed by atoms with Crippen LogP contribution in [0.15, 0.2) is 6.07 Å². The van der Waals surface area contributed by atoms with Gasteiger partial charge in [-0.15, -0.1) is 11.3 Å². The lowest BCUT2D eigenvalue weighted by Crippen LogP contribution is -1.74. The monoisotopic (exact) mass is 193 g/mol. The molecule has 1 N–H and O–H groups in total. The maximum Gasteiger partial charge on any atom is 0.191 e. The van der Waals surface area contributed by atoms with E-state index < -0.39 is 0 Å². The molecule has 0 aliphatic carbocycles. The second-order valence-electron chi connectivity index (χ2n) is 3.09. The van der Waals surface area contributed by atoms with E-state index in [1.807, 2.05) is 6.92 Å². The predicted octanol–water partition coefficient (Wildman–Crippen LogP) is 2.46. The lowest BCUT2D eigenvalue weighted by atomic mass is 10.3. The quantitative estimate of drug-likeness (QED) is 0.755. The summed E-state index contributed by atoms with van der Waals surface area (Å²) in [5, 5.41) is 6.96. The maximum absolute atomic E-state index is 4.28. The van der Waals surface area contributed by atoms with Gasteiger partial charge in [0.1, 0.15) is 5.82 Å². The molecule has 0 radical (unpaired) electrons. The van der Waals surface area contributed by atoms with Gasteiger partial charge < -0.3 is 0 Å². The molecule has 0 aromatic carbocycles. The molecule has 2 aromatic heterocycles. The minimum Gasteiger partial charge on any atom is -0.263 e. The molecule has 0 fully saturated rings. The highest BCUT2D eigenvalue weighted by Crippen LogP contribution is 2.27. The van der Waals surface area contributed by atoms with Gasteiger partial charge in [0, 0.05) is 4.88 Å². The number of aromatic amines is 1. The van der Waals surface area contributed by atoms with Crippen LogP contribution in [-0.2, 0) is 0 Å². The van der Waals surface area contributed by atoms with Crippen LogP contribution in [0.5, 0.6) is 0 Å². The van der Waals surface area contributed by atoms with Gasteiger partial charge in [-0.2, -0.15) is 5.10 Å². The molecule has 4 heteroatoms. The van der Waals surface area contributed by atoms with Crippen LogP contribution in [-0.4, -0.2) is 15.2 Å². The van der Waals surface area contributed by atoms with Crippen molar-refractivity contribution in [1.29, 1.82) is 0 Å². The highest BCUT2D eigenvalue weighted by atomic mass is 32.1.